The number of H-pyrrole nitrogens is 1. The molecule has 2 heterocycles. The van der Waals surface area contributed by atoms with Crippen molar-refractivity contribution in [1.29, 1.82) is 0 Å². The van der Waals surface area contributed by atoms with Gasteiger partial charge in [-0.05, 0) is 24.3 Å². The van der Waals surface area contributed by atoms with Gasteiger partial charge in [0.25, 0.3) is 10.0 Å². The largest absolute Gasteiger partial charge is 0.328 e. The Kier molecular flexibility index (Phi) is 3.15. The van der Waals surface area contributed by atoms with Gasteiger partial charge >= 0.3 is 0 Å². The smallest absolute Gasteiger partial charge is 0.263 e. The minimum Gasteiger partial charge on any atom is -0.328 e. The molecule has 2 aromatic heterocycles. The molecule has 1 aromatic carbocycles. The first kappa shape index (κ1) is 13.3. The Balaban J connectivity index is 1.97. The summed E-state index contributed by atoms with van der Waals surface area (Å²) in [7, 11) is -3.77. The number of aromatic nitrogens is 3. The standard InChI is InChI=1S/C13H10N4O3S/c18-13-4-2-10(8-16-13)21(19,20)17-9-1-3-11-12(7-9)15-6-5-14-11/h1-8,17H,(H,16,18). The highest BCUT2D eigenvalue weighted by atomic mass is 32.2. The van der Waals surface area contributed by atoms with Crippen molar-refractivity contribution in [1.82, 2.24) is 15.0 Å². The Morgan fingerprint density at radius 3 is 2.48 bits per heavy atom. The average Bonchev–Trinajstić information content (AvgIpc) is 2.47. The predicted octanol–water partition coefficient (Wildman–Crippen LogP) is 1.12. The maximum Gasteiger partial charge on any atom is 0.263 e. The first-order valence-electron chi connectivity index (χ1n) is 5.97. The maximum atomic E-state index is 12.2. The fraction of sp³-hybridized carbons (Fsp3) is 0. The zero-order valence-corrected chi connectivity index (χ0v) is 11.5. The van der Waals surface area contributed by atoms with Crippen molar-refractivity contribution in [3.63, 3.8) is 0 Å². The van der Waals surface area contributed by atoms with Gasteiger partial charge in [0, 0.05) is 24.7 Å². The second kappa shape index (κ2) is 4.98. The molecule has 0 atom stereocenters. The van der Waals surface area contributed by atoms with E-state index >= 15 is 0 Å². The Labute approximate surface area is 119 Å². The fourth-order valence-corrected chi connectivity index (χ4v) is 2.82. The second-order valence-corrected chi connectivity index (χ2v) is 5.94. The lowest BCUT2D eigenvalue weighted by atomic mass is 10.3. The van der Waals surface area contributed by atoms with Crippen LogP contribution in [-0.4, -0.2) is 23.4 Å². The summed E-state index contributed by atoms with van der Waals surface area (Å²) < 4.78 is 26.8. The molecule has 106 valence electrons. The Morgan fingerprint density at radius 1 is 1.00 bits per heavy atom. The highest BCUT2D eigenvalue weighted by Crippen LogP contribution is 2.18. The summed E-state index contributed by atoms with van der Waals surface area (Å²) in [5, 5.41) is 0. The number of fused-ring (bicyclic) bond motifs is 1. The van der Waals surface area contributed by atoms with Crippen LogP contribution in [0.3, 0.4) is 0 Å². The molecule has 2 N–H and O–H groups in total. The van der Waals surface area contributed by atoms with Crippen molar-refractivity contribution in [2.45, 2.75) is 4.90 Å². The number of hydrogen-bond donors (Lipinski definition) is 2. The Bertz CT molecular complexity index is 946. The molecule has 21 heavy (non-hydrogen) atoms. The Morgan fingerprint density at radius 2 is 1.76 bits per heavy atom. The van der Waals surface area contributed by atoms with Crippen LogP contribution in [0.2, 0.25) is 0 Å². The van der Waals surface area contributed by atoms with Crippen LogP contribution in [0.5, 0.6) is 0 Å². The molecule has 0 unspecified atom stereocenters. The number of nitrogens with zero attached hydrogens (tertiary/aromatic N) is 2. The third kappa shape index (κ3) is 2.75. The van der Waals surface area contributed by atoms with E-state index in [-0.39, 0.29) is 10.5 Å². The summed E-state index contributed by atoms with van der Waals surface area (Å²) in [6.07, 6.45) is 4.24. The van der Waals surface area contributed by atoms with E-state index in [4.69, 9.17) is 0 Å². The summed E-state index contributed by atoms with van der Waals surface area (Å²) in [5.41, 5.74) is 1.26. The van der Waals surface area contributed by atoms with Gasteiger partial charge in [-0.3, -0.25) is 19.5 Å². The molecule has 0 aliphatic heterocycles. The number of benzene rings is 1. The predicted molar refractivity (Wildman–Crippen MR) is 77.4 cm³/mol. The molecule has 0 saturated carbocycles. The van der Waals surface area contributed by atoms with Crippen LogP contribution in [0.15, 0.2) is 58.6 Å². The van der Waals surface area contributed by atoms with Crippen molar-refractivity contribution < 1.29 is 8.42 Å². The third-order valence-electron chi connectivity index (χ3n) is 2.79. The van der Waals surface area contributed by atoms with Crippen molar-refractivity contribution in [2.75, 3.05) is 4.72 Å². The molecule has 0 spiro atoms. The molecule has 0 aliphatic carbocycles. The summed E-state index contributed by atoms with van der Waals surface area (Å²) >= 11 is 0. The van der Waals surface area contributed by atoms with Gasteiger partial charge in [-0.2, -0.15) is 0 Å². The summed E-state index contributed by atoms with van der Waals surface area (Å²) in [6.45, 7) is 0. The second-order valence-electron chi connectivity index (χ2n) is 4.25. The highest BCUT2D eigenvalue weighted by molar-refractivity contribution is 7.92. The number of sulfonamides is 1. The molecule has 7 nitrogen and oxygen atoms in total. The van der Waals surface area contributed by atoms with Crippen LogP contribution in [0.25, 0.3) is 11.0 Å². The average molecular weight is 302 g/mol. The molecule has 0 radical (unpaired) electrons. The number of hydrogen-bond acceptors (Lipinski definition) is 5. The van der Waals surface area contributed by atoms with E-state index < -0.39 is 10.0 Å². The van der Waals surface area contributed by atoms with Crippen LogP contribution in [0, 0.1) is 0 Å². The summed E-state index contributed by atoms with van der Waals surface area (Å²) in [6, 6.07) is 7.25. The van der Waals surface area contributed by atoms with Gasteiger partial charge < -0.3 is 4.98 Å². The quantitative estimate of drug-likeness (QED) is 0.754. The maximum absolute atomic E-state index is 12.2. The van der Waals surface area contributed by atoms with Gasteiger partial charge in [0.05, 0.1) is 16.7 Å². The van der Waals surface area contributed by atoms with E-state index in [9.17, 15) is 13.2 Å². The molecule has 3 aromatic rings. The minimum absolute atomic E-state index is 0.0265. The van der Waals surface area contributed by atoms with Crippen LogP contribution in [0.4, 0.5) is 5.69 Å². The molecule has 8 heteroatoms. The third-order valence-corrected chi connectivity index (χ3v) is 4.17. The van der Waals surface area contributed by atoms with Crippen molar-refractivity contribution in [2.24, 2.45) is 0 Å². The van der Waals surface area contributed by atoms with Crippen molar-refractivity contribution in [3.05, 3.63) is 59.3 Å². The number of nitrogens with one attached hydrogen (secondary N) is 2. The lowest BCUT2D eigenvalue weighted by Gasteiger charge is -2.08. The normalized spacial score (nSPS) is 11.4. The number of rotatable bonds is 3. The first-order chi connectivity index (χ1) is 10.0. The van der Waals surface area contributed by atoms with Crippen LogP contribution >= 0.6 is 0 Å². The van der Waals surface area contributed by atoms with Gasteiger partial charge in [0.1, 0.15) is 4.90 Å². The molecule has 0 fully saturated rings. The van der Waals surface area contributed by atoms with Gasteiger partial charge in [0.15, 0.2) is 0 Å². The molecule has 3 rings (SSSR count). The minimum atomic E-state index is -3.77. The summed E-state index contributed by atoms with van der Waals surface area (Å²) in [5.74, 6) is 0. The van der Waals surface area contributed by atoms with Gasteiger partial charge in [-0.1, -0.05) is 0 Å². The van der Waals surface area contributed by atoms with Gasteiger partial charge in [-0.25, -0.2) is 8.42 Å². The lowest BCUT2D eigenvalue weighted by Crippen LogP contribution is -2.15. The van der Waals surface area contributed by atoms with E-state index in [1.807, 2.05) is 0 Å². The van der Waals surface area contributed by atoms with E-state index in [2.05, 4.69) is 19.7 Å². The number of pyridine rings is 1. The number of anilines is 1. The zero-order chi connectivity index (χ0) is 14.9. The van der Waals surface area contributed by atoms with Gasteiger partial charge in [0.2, 0.25) is 5.56 Å². The molecule has 0 saturated heterocycles. The summed E-state index contributed by atoms with van der Waals surface area (Å²) in [4.78, 5) is 21.5. The Hall–Kier alpha value is -2.74. The molecule has 0 bridgehead atoms. The molecular weight excluding hydrogens is 292 g/mol. The van der Waals surface area contributed by atoms with E-state index in [0.717, 1.165) is 12.3 Å². The van der Waals surface area contributed by atoms with Crippen LogP contribution < -0.4 is 10.3 Å². The van der Waals surface area contributed by atoms with Crippen molar-refractivity contribution >= 4 is 26.7 Å². The molecule has 0 amide bonds. The van der Waals surface area contributed by atoms with Crippen molar-refractivity contribution in [3.8, 4) is 0 Å². The number of aromatic amines is 1. The first-order valence-corrected chi connectivity index (χ1v) is 7.45. The van der Waals surface area contributed by atoms with Gasteiger partial charge in [-0.15, -0.1) is 0 Å². The molecule has 0 aliphatic rings. The van der Waals surface area contributed by atoms with Crippen LogP contribution in [0.1, 0.15) is 0 Å². The topological polar surface area (TPSA) is 105 Å². The SMILES string of the molecule is O=c1ccc(S(=O)(=O)Nc2ccc3nccnc3c2)c[nH]1. The monoisotopic (exact) mass is 302 g/mol. The lowest BCUT2D eigenvalue weighted by molar-refractivity contribution is 0.600. The zero-order valence-electron chi connectivity index (χ0n) is 10.6. The molecular formula is C13H10N4O3S. The highest BCUT2D eigenvalue weighted by Gasteiger charge is 2.14. The van der Waals surface area contributed by atoms with Crippen LogP contribution in [-0.2, 0) is 10.0 Å². The van der Waals surface area contributed by atoms with E-state index in [0.29, 0.717) is 16.7 Å². The van der Waals surface area contributed by atoms with E-state index in [1.165, 1.54) is 12.3 Å². The van der Waals surface area contributed by atoms with E-state index in [1.54, 1.807) is 24.4 Å². The fourth-order valence-electron chi connectivity index (χ4n) is 1.80.